The molecule has 41 heavy (non-hydrogen) atoms. The molecule has 0 saturated carbocycles. The van der Waals surface area contributed by atoms with Crippen molar-refractivity contribution in [2.24, 2.45) is 0 Å². The van der Waals surface area contributed by atoms with Crippen molar-refractivity contribution in [3.05, 3.63) is 135 Å². The molecule has 3 aromatic carbocycles. The Kier molecular flexibility index (Phi) is 7.01. The van der Waals surface area contributed by atoms with Crippen molar-refractivity contribution < 1.29 is 18.7 Å². The van der Waals surface area contributed by atoms with Crippen LogP contribution in [0.4, 0.5) is 0 Å². The van der Waals surface area contributed by atoms with Gasteiger partial charge >= 0.3 is 0 Å². The van der Waals surface area contributed by atoms with Crippen molar-refractivity contribution in [2.75, 3.05) is 6.61 Å². The van der Waals surface area contributed by atoms with E-state index in [0.29, 0.717) is 41.2 Å². The van der Waals surface area contributed by atoms with E-state index in [-0.39, 0.29) is 23.6 Å². The largest absolute Gasteiger partial charge is 0.490 e. The van der Waals surface area contributed by atoms with Gasteiger partial charge in [-0.2, -0.15) is 0 Å². The molecule has 7 heteroatoms. The summed E-state index contributed by atoms with van der Waals surface area (Å²) in [6.45, 7) is 6.80. The van der Waals surface area contributed by atoms with Gasteiger partial charge in [-0.25, -0.2) is 0 Å². The number of aromatic nitrogens is 1. The van der Waals surface area contributed by atoms with E-state index >= 15 is 0 Å². The first kappa shape index (κ1) is 26.3. The number of amides is 1. The number of ether oxygens (including phenoxy) is 2. The van der Waals surface area contributed by atoms with Gasteiger partial charge in [0, 0.05) is 18.9 Å². The van der Waals surface area contributed by atoms with Crippen molar-refractivity contribution >= 4 is 16.9 Å². The summed E-state index contributed by atoms with van der Waals surface area (Å²) in [4.78, 5) is 33.9. The number of hydrogen-bond donors (Lipinski definition) is 0. The number of nitrogens with zero attached hydrogens (tertiary/aromatic N) is 2. The average Bonchev–Trinajstić information content (AvgIpc) is 3.24. The first-order chi connectivity index (χ1) is 19.9. The molecule has 0 spiro atoms. The SMILES string of the molecule is CCOc1cc(C2c3c(oc4cc(C)cc(C)c4c3=O)C(=O)N2Cc2cccnc2)ccc1OCc1ccccc1. The number of carbonyl (C=O) groups excluding carboxylic acids is 1. The molecule has 3 heterocycles. The Labute approximate surface area is 238 Å². The number of aryl methyl sites for hydroxylation is 2. The third kappa shape index (κ3) is 4.95. The molecule has 1 aliphatic rings. The van der Waals surface area contributed by atoms with E-state index in [9.17, 15) is 9.59 Å². The highest BCUT2D eigenvalue weighted by Crippen LogP contribution is 2.42. The summed E-state index contributed by atoms with van der Waals surface area (Å²) in [5.41, 5.74) is 4.93. The third-order valence-corrected chi connectivity index (χ3v) is 7.31. The lowest BCUT2D eigenvalue weighted by Gasteiger charge is -2.26. The summed E-state index contributed by atoms with van der Waals surface area (Å²) < 4.78 is 18.3. The monoisotopic (exact) mass is 546 g/mol. The molecule has 1 atom stereocenters. The molecule has 6 rings (SSSR count). The van der Waals surface area contributed by atoms with Crippen molar-refractivity contribution in [3.8, 4) is 11.5 Å². The van der Waals surface area contributed by atoms with Gasteiger partial charge in [-0.15, -0.1) is 0 Å². The van der Waals surface area contributed by atoms with Crippen LogP contribution in [0.15, 0.2) is 94.4 Å². The van der Waals surface area contributed by atoms with Crippen LogP contribution in [0.25, 0.3) is 11.0 Å². The van der Waals surface area contributed by atoms with E-state index in [2.05, 4.69) is 4.98 Å². The molecule has 0 bridgehead atoms. The number of hydrogen-bond acceptors (Lipinski definition) is 6. The van der Waals surface area contributed by atoms with Crippen molar-refractivity contribution in [3.63, 3.8) is 0 Å². The zero-order valence-electron chi connectivity index (χ0n) is 23.2. The summed E-state index contributed by atoms with van der Waals surface area (Å²) in [7, 11) is 0. The van der Waals surface area contributed by atoms with Gasteiger partial charge in [-0.1, -0.05) is 48.5 Å². The quantitative estimate of drug-likeness (QED) is 0.220. The first-order valence-corrected chi connectivity index (χ1v) is 13.7. The lowest BCUT2D eigenvalue weighted by Crippen LogP contribution is -2.29. The van der Waals surface area contributed by atoms with E-state index < -0.39 is 6.04 Å². The maximum atomic E-state index is 14.1. The molecular weight excluding hydrogens is 516 g/mol. The summed E-state index contributed by atoms with van der Waals surface area (Å²) in [5.74, 6) is 0.859. The molecular formula is C34H30N2O5. The van der Waals surface area contributed by atoms with Crippen LogP contribution in [0.3, 0.4) is 0 Å². The second-order valence-corrected chi connectivity index (χ2v) is 10.2. The number of rotatable bonds is 8. The number of fused-ring (bicyclic) bond motifs is 2. The van der Waals surface area contributed by atoms with Crippen LogP contribution in [-0.2, 0) is 13.2 Å². The highest BCUT2D eigenvalue weighted by Gasteiger charge is 2.43. The molecule has 0 N–H and O–H groups in total. The normalized spacial score (nSPS) is 14.4. The minimum absolute atomic E-state index is 0.0729. The maximum Gasteiger partial charge on any atom is 0.291 e. The van der Waals surface area contributed by atoms with Crippen LogP contribution >= 0.6 is 0 Å². The second kappa shape index (κ2) is 10.9. The summed E-state index contributed by atoms with van der Waals surface area (Å²) >= 11 is 0. The maximum absolute atomic E-state index is 14.1. The van der Waals surface area contributed by atoms with Crippen molar-refractivity contribution in [2.45, 2.75) is 40.0 Å². The fourth-order valence-corrected chi connectivity index (χ4v) is 5.53. The predicted octanol–water partition coefficient (Wildman–Crippen LogP) is 6.53. The minimum atomic E-state index is -0.679. The lowest BCUT2D eigenvalue weighted by molar-refractivity contribution is 0.0714. The molecule has 1 unspecified atom stereocenters. The van der Waals surface area contributed by atoms with E-state index in [0.717, 1.165) is 27.8 Å². The molecule has 0 aliphatic carbocycles. The summed E-state index contributed by atoms with van der Waals surface area (Å²) in [5, 5.41) is 0.489. The van der Waals surface area contributed by atoms with E-state index in [1.54, 1.807) is 17.3 Å². The number of carbonyl (C=O) groups is 1. The molecule has 0 fully saturated rings. The predicted molar refractivity (Wildman–Crippen MR) is 156 cm³/mol. The van der Waals surface area contributed by atoms with E-state index in [4.69, 9.17) is 13.9 Å². The first-order valence-electron chi connectivity index (χ1n) is 13.7. The van der Waals surface area contributed by atoms with Gasteiger partial charge in [0.05, 0.1) is 23.6 Å². The zero-order chi connectivity index (χ0) is 28.5. The van der Waals surface area contributed by atoms with Crippen molar-refractivity contribution in [1.29, 1.82) is 0 Å². The van der Waals surface area contributed by atoms with Crippen molar-refractivity contribution in [1.82, 2.24) is 9.88 Å². The molecule has 0 radical (unpaired) electrons. The van der Waals surface area contributed by atoms with Gasteiger partial charge in [-0.05, 0) is 72.9 Å². The fourth-order valence-electron chi connectivity index (χ4n) is 5.53. The Hall–Kier alpha value is -4.91. The molecule has 7 nitrogen and oxygen atoms in total. The minimum Gasteiger partial charge on any atom is -0.490 e. The Morgan fingerprint density at radius 3 is 2.46 bits per heavy atom. The Bertz CT molecular complexity index is 1800. The van der Waals surface area contributed by atoms with Crippen LogP contribution in [0.1, 0.15) is 56.9 Å². The summed E-state index contributed by atoms with van der Waals surface area (Å²) in [6, 6.07) is 22.3. The van der Waals surface area contributed by atoms with Crippen LogP contribution in [-0.4, -0.2) is 22.4 Å². The molecule has 1 amide bonds. The standard InChI is InChI=1S/C34H30N2O5/c1-4-39-27-17-25(12-13-26(27)40-20-23-9-6-5-7-10-23)31-30-32(37)29-22(3)15-21(2)16-28(29)41-33(30)34(38)36(31)19-24-11-8-14-35-18-24/h5-18,31H,4,19-20H2,1-3H3. The van der Waals surface area contributed by atoms with E-state index in [1.807, 2.05) is 93.6 Å². The smallest absolute Gasteiger partial charge is 0.291 e. The van der Waals surface area contributed by atoms with Gasteiger partial charge in [0.1, 0.15) is 12.2 Å². The summed E-state index contributed by atoms with van der Waals surface area (Å²) in [6.07, 6.45) is 3.41. The Balaban J connectivity index is 1.48. The Morgan fingerprint density at radius 2 is 1.71 bits per heavy atom. The fraction of sp³-hybridized carbons (Fsp3) is 0.206. The topological polar surface area (TPSA) is 81.9 Å². The highest BCUT2D eigenvalue weighted by molar-refractivity contribution is 5.99. The van der Waals surface area contributed by atoms with Gasteiger partial charge in [0.25, 0.3) is 5.91 Å². The molecule has 1 aliphatic heterocycles. The Morgan fingerprint density at radius 1 is 0.902 bits per heavy atom. The molecule has 2 aromatic heterocycles. The van der Waals surface area contributed by atoms with Gasteiger partial charge in [0.15, 0.2) is 16.9 Å². The van der Waals surface area contributed by atoms with Crippen LogP contribution < -0.4 is 14.9 Å². The van der Waals surface area contributed by atoms with Crippen LogP contribution in [0.2, 0.25) is 0 Å². The van der Waals surface area contributed by atoms with Crippen LogP contribution in [0.5, 0.6) is 11.5 Å². The van der Waals surface area contributed by atoms with E-state index in [1.165, 1.54) is 0 Å². The second-order valence-electron chi connectivity index (χ2n) is 10.2. The number of benzene rings is 3. The zero-order valence-corrected chi connectivity index (χ0v) is 23.2. The van der Waals surface area contributed by atoms with Crippen LogP contribution in [0, 0.1) is 13.8 Å². The lowest BCUT2D eigenvalue weighted by atomic mass is 9.96. The highest BCUT2D eigenvalue weighted by atomic mass is 16.5. The third-order valence-electron chi connectivity index (χ3n) is 7.31. The average molecular weight is 547 g/mol. The van der Waals surface area contributed by atoms with Gasteiger partial charge in [-0.3, -0.25) is 14.6 Å². The van der Waals surface area contributed by atoms with Gasteiger partial charge < -0.3 is 18.8 Å². The molecule has 5 aromatic rings. The van der Waals surface area contributed by atoms with Gasteiger partial charge in [0.2, 0.25) is 5.76 Å². The molecule has 206 valence electrons. The molecule has 0 saturated heterocycles. The number of pyridine rings is 1.